The third-order valence-electron chi connectivity index (χ3n) is 7.79. The molecule has 10 nitrogen and oxygen atoms in total. The number of hydrogen-bond acceptors (Lipinski definition) is 7. The Morgan fingerprint density at radius 2 is 1.82 bits per heavy atom. The molecule has 39 heavy (non-hydrogen) atoms. The monoisotopic (exact) mass is 532 g/mol. The highest BCUT2D eigenvalue weighted by Gasteiger charge is 2.48. The number of anilines is 2. The largest absolute Gasteiger partial charge is 0.497 e. The third-order valence-corrected chi connectivity index (χ3v) is 7.79. The van der Waals surface area contributed by atoms with Crippen molar-refractivity contribution >= 4 is 29.2 Å². The van der Waals surface area contributed by atoms with E-state index in [1.807, 2.05) is 61.0 Å². The van der Waals surface area contributed by atoms with Crippen LogP contribution in [0.25, 0.3) is 5.65 Å². The van der Waals surface area contributed by atoms with Gasteiger partial charge in [0.2, 0.25) is 5.91 Å². The number of piperazine rings is 1. The summed E-state index contributed by atoms with van der Waals surface area (Å²) < 4.78 is 12.9. The molecule has 4 aliphatic heterocycles. The number of imidazole rings is 1. The van der Waals surface area contributed by atoms with E-state index in [1.54, 1.807) is 7.11 Å². The van der Waals surface area contributed by atoms with E-state index < -0.39 is 5.60 Å². The van der Waals surface area contributed by atoms with Gasteiger partial charge in [-0.15, -0.1) is 0 Å². The molecule has 4 aliphatic rings. The van der Waals surface area contributed by atoms with Crippen LogP contribution in [0.2, 0.25) is 0 Å². The zero-order chi connectivity index (χ0) is 27.3. The lowest BCUT2D eigenvalue weighted by Crippen LogP contribution is -2.70. The van der Waals surface area contributed by atoms with Crippen molar-refractivity contribution in [1.82, 2.24) is 19.2 Å². The first-order chi connectivity index (χ1) is 18.7. The van der Waals surface area contributed by atoms with E-state index in [0.29, 0.717) is 26.2 Å². The minimum absolute atomic E-state index is 0.155. The lowest BCUT2D eigenvalue weighted by molar-refractivity contribution is -0.133. The van der Waals surface area contributed by atoms with Gasteiger partial charge in [-0.2, -0.15) is 0 Å². The number of aromatic nitrogens is 2. The Balaban J connectivity index is 1.13. The van der Waals surface area contributed by atoms with E-state index in [2.05, 4.69) is 32.5 Å². The van der Waals surface area contributed by atoms with E-state index in [9.17, 15) is 9.59 Å². The van der Waals surface area contributed by atoms with Gasteiger partial charge in [0.05, 0.1) is 32.1 Å². The van der Waals surface area contributed by atoms with Gasteiger partial charge in [0.15, 0.2) is 0 Å². The van der Waals surface area contributed by atoms with Gasteiger partial charge in [-0.3, -0.25) is 14.1 Å². The van der Waals surface area contributed by atoms with Crippen LogP contribution < -0.4 is 14.5 Å². The molecule has 4 fully saturated rings. The molecule has 2 atom stereocenters. The number of amides is 2. The van der Waals surface area contributed by atoms with Crippen LogP contribution in [0.5, 0.6) is 5.75 Å². The fourth-order valence-corrected chi connectivity index (χ4v) is 5.84. The van der Waals surface area contributed by atoms with E-state index in [4.69, 9.17) is 14.5 Å². The Kier molecular flexibility index (Phi) is 6.28. The molecule has 10 heteroatoms. The van der Waals surface area contributed by atoms with Crippen molar-refractivity contribution in [3.63, 3.8) is 0 Å². The smallest absolute Gasteiger partial charge is 0.410 e. The predicted octanol–water partition coefficient (Wildman–Crippen LogP) is 3.74. The standard InChI is InChI=1S/C29H36N6O4/c1-29(2,3)39-28(37)35-22-13-23(35)18-32(17-22)21-9-12-34-25(14-21)30-15-26(34)31-11-10-27(36)33(19-31)16-20-5-7-24(38-4)8-6-20/h5-9,12,14-15,22-23H,10-11,13,16-19H2,1-4H3. The van der Waals surface area contributed by atoms with Crippen molar-refractivity contribution in [3.8, 4) is 5.75 Å². The molecule has 7 rings (SSSR count). The number of methoxy groups -OCH3 is 1. The Hall–Kier alpha value is -3.95. The molecule has 6 heterocycles. The highest BCUT2D eigenvalue weighted by molar-refractivity contribution is 5.78. The number of benzene rings is 1. The quantitative estimate of drug-likeness (QED) is 0.495. The van der Waals surface area contributed by atoms with Crippen molar-refractivity contribution in [2.75, 3.05) is 43.2 Å². The SMILES string of the molecule is COc1ccc(CN2CN(c3cnc4cc(N5CC6CC(C5)N6C(=O)OC(C)(C)C)ccn34)CCC2=O)cc1. The van der Waals surface area contributed by atoms with Gasteiger partial charge in [0, 0.05) is 50.6 Å². The van der Waals surface area contributed by atoms with Crippen molar-refractivity contribution < 1.29 is 19.1 Å². The molecule has 3 aromatic rings. The van der Waals surface area contributed by atoms with Gasteiger partial charge in [0.25, 0.3) is 0 Å². The number of piperidine rings is 1. The fourth-order valence-electron chi connectivity index (χ4n) is 5.84. The first-order valence-corrected chi connectivity index (χ1v) is 13.6. The minimum atomic E-state index is -0.488. The summed E-state index contributed by atoms with van der Waals surface area (Å²) in [6.07, 6.45) is 5.22. The van der Waals surface area contributed by atoms with Gasteiger partial charge in [-0.1, -0.05) is 12.1 Å². The van der Waals surface area contributed by atoms with Crippen LogP contribution in [-0.4, -0.2) is 82.3 Å². The fraction of sp³-hybridized carbons (Fsp3) is 0.483. The highest BCUT2D eigenvalue weighted by Crippen LogP contribution is 2.36. The van der Waals surface area contributed by atoms with Gasteiger partial charge in [-0.05, 0) is 51.0 Å². The van der Waals surface area contributed by atoms with Crippen LogP contribution in [0.1, 0.15) is 39.2 Å². The summed E-state index contributed by atoms with van der Waals surface area (Å²) in [5.41, 5.74) is 2.55. The summed E-state index contributed by atoms with van der Waals surface area (Å²) in [6.45, 7) is 9.00. The first kappa shape index (κ1) is 25.3. The molecule has 206 valence electrons. The van der Waals surface area contributed by atoms with Crippen LogP contribution in [0, 0.1) is 0 Å². The van der Waals surface area contributed by atoms with Crippen LogP contribution in [0.3, 0.4) is 0 Å². The molecule has 0 radical (unpaired) electrons. The molecule has 1 aromatic carbocycles. The molecule has 0 saturated carbocycles. The predicted molar refractivity (Wildman–Crippen MR) is 148 cm³/mol. The Morgan fingerprint density at radius 1 is 1.08 bits per heavy atom. The maximum atomic E-state index is 12.7. The number of ether oxygens (including phenoxy) is 2. The Morgan fingerprint density at radius 3 is 2.51 bits per heavy atom. The van der Waals surface area contributed by atoms with Crippen LogP contribution in [0.15, 0.2) is 48.8 Å². The molecular weight excluding hydrogens is 496 g/mol. The lowest BCUT2D eigenvalue weighted by atomic mass is 9.87. The first-order valence-electron chi connectivity index (χ1n) is 13.6. The molecule has 2 amide bonds. The maximum absolute atomic E-state index is 12.7. The van der Waals surface area contributed by atoms with E-state index >= 15 is 0 Å². The van der Waals surface area contributed by atoms with E-state index in [1.165, 1.54) is 0 Å². The number of carbonyl (C=O) groups is 2. The lowest BCUT2D eigenvalue weighted by Gasteiger charge is -2.56. The molecule has 0 spiro atoms. The van der Waals surface area contributed by atoms with Crippen molar-refractivity contribution in [2.45, 2.75) is 57.8 Å². The Bertz CT molecular complexity index is 1370. The zero-order valence-corrected chi connectivity index (χ0v) is 23.0. The van der Waals surface area contributed by atoms with Crippen molar-refractivity contribution in [1.29, 1.82) is 0 Å². The number of fused-ring (bicyclic) bond motifs is 3. The van der Waals surface area contributed by atoms with E-state index in [0.717, 1.165) is 48.0 Å². The summed E-state index contributed by atoms with van der Waals surface area (Å²) >= 11 is 0. The van der Waals surface area contributed by atoms with Crippen LogP contribution >= 0.6 is 0 Å². The average molecular weight is 533 g/mol. The van der Waals surface area contributed by atoms with Crippen LogP contribution in [0.4, 0.5) is 16.3 Å². The number of rotatable bonds is 5. The third kappa shape index (κ3) is 4.95. The Labute approximate surface area is 228 Å². The summed E-state index contributed by atoms with van der Waals surface area (Å²) in [5, 5.41) is 0. The molecule has 4 saturated heterocycles. The molecule has 2 unspecified atom stereocenters. The average Bonchev–Trinajstić information content (AvgIpc) is 3.32. The highest BCUT2D eigenvalue weighted by atomic mass is 16.6. The van der Waals surface area contributed by atoms with Gasteiger partial charge in [0.1, 0.15) is 22.8 Å². The molecule has 0 N–H and O–H groups in total. The second-order valence-electron chi connectivity index (χ2n) is 11.7. The van der Waals surface area contributed by atoms with E-state index in [-0.39, 0.29) is 24.1 Å². The summed E-state index contributed by atoms with van der Waals surface area (Å²) in [4.78, 5) is 38.4. The number of pyridine rings is 1. The molecule has 2 aromatic heterocycles. The normalized spacial score (nSPS) is 21.3. The number of nitrogens with zero attached hydrogens (tertiary/aromatic N) is 6. The second-order valence-corrected chi connectivity index (χ2v) is 11.7. The molecular formula is C29H36N6O4. The minimum Gasteiger partial charge on any atom is -0.497 e. The summed E-state index contributed by atoms with van der Waals surface area (Å²) in [7, 11) is 1.65. The zero-order valence-electron chi connectivity index (χ0n) is 23.0. The van der Waals surface area contributed by atoms with Crippen LogP contribution in [-0.2, 0) is 16.1 Å². The summed E-state index contributed by atoms with van der Waals surface area (Å²) in [6, 6.07) is 12.4. The van der Waals surface area contributed by atoms with Crippen molar-refractivity contribution in [2.24, 2.45) is 0 Å². The maximum Gasteiger partial charge on any atom is 0.410 e. The summed E-state index contributed by atoms with van der Waals surface area (Å²) in [5.74, 6) is 1.93. The number of carbonyl (C=O) groups excluding carboxylic acids is 2. The topological polar surface area (TPSA) is 82.9 Å². The van der Waals surface area contributed by atoms with Gasteiger partial charge < -0.3 is 24.2 Å². The van der Waals surface area contributed by atoms with Gasteiger partial charge in [-0.25, -0.2) is 9.78 Å². The van der Waals surface area contributed by atoms with Crippen molar-refractivity contribution in [3.05, 3.63) is 54.4 Å². The second kappa shape index (κ2) is 9.66. The number of hydrogen-bond donors (Lipinski definition) is 0. The molecule has 0 aliphatic carbocycles. The molecule has 2 bridgehead atoms. The van der Waals surface area contributed by atoms with Gasteiger partial charge >= 0.3 is 6.09 Å².